The minimum Gasteiger partial charge on any atom is -0.486 e. The summed E-state index contributed by atoms with van der Waals surface area (Å²) < 4.78 is 11.1. The lowest BCUT2D eigenvalue weighted by molar-refractivity contribution is 0.0948. The first-order chi connectivity index (χ1) is 11.7. The van der Waals surface area contributed by atoms with Crippen molar-refractivity contribution in [1.29, 1.82) is 0 Å². The zero-order chi connectivity index (χ0) is 16.9. The summed E-state index contributed by atoms with van der Waals surface area (Å²) in [5, 5.41) is 5.99. The number of benzene rings is 1. The van der Waals surface area contributed by atoms with Crippen LogP contribution in [-0.2, 0) is 0 Å². The highest BCUT2D eigenvalue weighted by atomic mass is 16.6. The summed E-state index contributed by atoms with van der Waals surface area (Å²) in [6.07, 6.45) is 0.873. The van der Waals surface area contributed by atoms with Crippen LogP contribution in [0.1, 0.15) is 29.7 Å². The molecule has 7 heteroatoms. The zero-order valence-corrected chi connectivity index (χ0v) is 13.8. The number of rotatable bonds is 5. The Morgan fingerprint density at radius 2 is 1.96 bits per heavy atom. The van der Waals surface area contributed by atoms with Crippen LogP contribution >= 0.6 is 0 Å². The number of carbonyl (C=O) groups is 1. The molecule has 2 aromatic rings. The molecule has 0 saturated carbocycles. The van der Waals surface area contributed by atoms with E-state index in [1.165, 1.54) is 0 Å². The van der Waals surface area contributed by atoms with Crippen molar-refractivity contribution in [3.05, 3.63) is 35.8 Å². The molecule has 126 valence electrons. The number of hydrogen-bond acceptors (Lipinski definition) is 6. The lowest BCUT2D eigenvalue weighted by atomic mass is 10.2. The predicted octanol–water partition coefficient (Wildman–Crippen LogP) is 2.44. The number of amides is 1. The van der Waals surface area contributed by atoms with Crippen LogP contribution in [0.15, 0.2) is 24.3 Å². The summed E-state index contributed by atoms with van der Waals surface area (Å²) in [6, 6.07) is 7.21. The van der Waals surface area contributed by atoms with E-state index in [-0.39, 0.29) is 5.91 Å². The summed E-state index contributed by atoms with van der Waals surface area (Å²) in [6.45, 7) is 5.46. The average Bonchev–Trinajstić information content (AvgIpc) is 2.59. The fourth-order valence-corrected chi connectivity index (χ4v) is 2.35. The van der Waals surface area contributed by atoms with Gasteiger partial charge in [0.05, 0.1) is 0 Å². The van der Waals surface area contributed by atoms with Crippen molar-refractivity contribution in [3.63, 3.8) is 0 Å². The molecule has 24 heavy (non-hydrogen) atoms. The molecule has 0 saturated heterocycles. The van der Waals surface area contributed by atoms with Crippen LogP contribution in [0, 0.1) is 6.92 Å². The van der Waals surface area contributed by atoms with E-state index >= 15 is 0 Å². The van der Waals surface area contributed by atoms with Gasteiger partial charge in [-0.3, -0.25) is 4.79 Å². The molecule has 0 atom stereocenters. The number of anilines is 2. The molecule has 0 spiro atoms. The van der Waals surface area contributed by atoms with Crippen LogP contribution in [0.2, 0.25) is 0 Å². The highest BCUT2D eigenvalue weighted by molar-refractivity contribution is 5.93. The molecular weight excluding hydrogens is 308 g/mol. The molecule has 0 aliphatic carbocycles. The van der Waals surface area contributed by atoms with Crippen molar-refractivity contribution in [1.82, 2.24) is 15.3 Å². The van der Waals surface area contributed by atoms with Crippen LogP contribution in [0.25, 0.3) is 0 Å². The van der Waals surface area contributed by atoms with Crippen LogP contribution in [-0.4, -0.2) is 35.6 Å². The molecule has 0 radical (unpaired) electrons. The van der Waals surface area contributed by atoms with Gasteiger partial charge in [0.2, 0.25) is 0 Å². The van der Waals surface area contributed by atoms with Gasteiger partial charge in [-0.25, -0.2) is 9.97 Å². The number of nitrogens with zero attached hydrogens (tertiary/aromatic N) is 2. The normalized spacial score (nSPS) is 12.6. The number of carbonyl (C=O) groups excluding carboxylic acids is 1. The van der Waals surface area contributed by atoms with Gasteiger partial charge in [0.25, 0.3) is 5.91 Å². The van der Waals surface area contributed by atoms with Crippen molar-refractivity contribution >= 4 is 17.4 Å². The van der Waals surface area contributed by atoms with Gasteiger partial charge in [-0.1, -0.05) is 6.92 Å². The van der Waals surface area contributed by atoms with Crippen LogP contribution < -0.4 is 20.1 Å². The largest absolute Gasteiger partial charge is 0.486 e. The quantitative estimate of drug-likeness (QED) is 0.877. The van der Waals surface area contributed by atoms with E-state index < -0.39 is 0 Å². The number of fused-ring (bicyclic) bond motifs is 1. The molecule has 0 unspecified atom stereocenters. The molecule has 1 aliphatic rings. The number of nitrogens with one attached hydrogen (secondary N) is 2. The number of aryl methyl sites for hydroxylation is 1. The minimum absolute atomic E-state index is 0.201. The van der Waals surface area contributed by atoms with E-state index in [0.717, 1.165) is 17.9 Å². The third-order valence-corrected chi connectivity index (χ3v) is 3.42. The standard InChI is InChI=1S/C17H20N4O3/c1-3-6-18-17(22)13-10-16(20-11(2)19-13)21-12-4-5-14-15(9-12)24-8-7-23-14/h4-5,9-10H,3,6-8H2,1-2H3,(H,18,22)(H,19,20,21). The minimum atomic E-state index is -0.201. The molecule has 1 aromatic heterocycles. The topological polar surface area (TPSA) is 85.4 Å². The first-order valence-electron chi connectivity index (χ1n) is 7.96. The third kappa shape index (κ3) is 3.73. The monoisotopic (exact) mass is 328 g/mol. The van der Waals surface area contributed by atoms with E-state index in [9.17, 15) is 4.79 Å². The summed E-state index contributed by atoms with van der Waals surface area (Å²) in [5.41, 5.74) is 1.15. The fraction of sp³-hybridized carbons (Fsp3) is 0.353. The van der Waals surface area contributed by atoms with Crippen molar-refractivity contribution in [2.75, 3.05) is 25.1 Å². The maximum absolute atomic E-state index is 12.1. The number of ether oxygens (including phenoxy) is 2. The van der Waals surface area contributed by atoms with E-state index in [1.807, 2.05) is 25.1 Å². The van der Waals surface area contributed by atoms with E-state index in [1.54, 1.807) is 13.0 Å². The van der Waals surface area contributed by atoms with Crippen molar-refractivity contribution in [2.45, 2.75) is 20.3 Å². The SMILES string of the molecule is CCCNC(=O)c1cc(Nc2ccc3c(c2)OCCO3)nc(C)n1. The predicted molar refractivity (Wildman–Crippen MR) is 90.1 cm³/mol. The molecule has 3 rings (SSSR count). The zero-order valence-electron chi connectivity index (χ0n) is 13.8. The average molecular weight is 328 g/mol. The van der Waals surface area contributed by atoms with E-state index in [0.29, 0.717) is 42.8 Å². The second-order valence-corrected chi connectivity index (χ2v) is 5.42. The smallest absolute Gasteiger partial charge is 0.270 e. The second-order valence-electron chi connectivity index (χ2n) is 5.42. The van der Waals surface area contributed by atoms with Gasteiger partial charge in [0, 0.05) is 24.4 Å². The molecule has 2 heterocycles. The van der Waals surface area contributed by atoms with Gasteiger partial charge in [-0.2, -0.15) is 0 Å². The Bertz CT molecular complexity index is 749. The Kier molecular flexibility index (Phi) is 4.79. The molecule has 7 nitrogen and oxygen atoms in total. The molecule has 0 fully saturated rings. The first-order valence-corrected chi connectivity index (χ1v) is 7.96. The van der Waals surface area contributed by atoms with Crippen molar-refractivity contribution in [2.24, 2.45) is 0 Å². The Labute approximate surface area is 140 Å². The molecule has 1 amide bonds. The fourth-order valence-electron chi connectivity index (χ4n) is 2.35. The molecule has 0 bridgehead atoms. The van der Waals surface area contributed by atoms with Gasteiger partial charge < -0.3 is 20.1 Å². The summed E-state index contributed by atoms with van der Waals surface area (Å²) >= 11 is 0. The lowest BCUT2D eigenvalue weighted by Crippen LogP contribution is -2.25. The Morgan fingerprint density at radius 3 is 2.75 bits per heavy atom. The first kappa shape index (κ1) is 16.0. The molecule has 1 aliphatic heterocycles. The number of aromatic nitrogens is 2. The molecule has 2 N–H and O–H groups in total. The second kappa shape index (κ2) is 7.16. The maximum atomic E-state index is 12.1. The Morgan fingerprint density at radius 1 is 1.17 bits per heavy atom. The maximum Gasteiger partial charge on any atom is 0.270 e. The summed E-state index contributed by atoms with van der Waals surface area (Å²) in [4.78, 5) is 20.6. The van der Waals surface area contributed by atoms with Crippen LogP contribution in [0.4, 0.5) is 11.5 Å². The van der Waals surface area contributed by atoms with E-state index in [4.69, 9.17) is 9.47 Å². The highest BCUT2D eigenvalue weighted by Crippen LogP contribution is 2.33. The number of hydrogen-bond donors (Lipinski definition) is 2. The lowest BCUT2D eigenvalue weighted by Gasteiger charge is -2.19. The molecular formula is C17H20N4O3. The van der Waals surface area contributed by atoms with Gasteiger partial charge in [0.15, 0.2) is 11.5 Å². The Hall–Kier alpha value is -2.83. The summed E-state index contributed by atoms with van der Waals surface area (Å²) in [7, 11) is 0. The van der Waals surface area contributed by atoms with Crippen molar-refractivity contribution < 1.29 is 14.3 Å². The van der Waals surface area contributed by atoms with Crippen LogP contribution in [0.3, 0.4) is 0 Å². The third-order valence-electron chi connectivity index (χ3n) is 3.42. The highest BCUT2D eigenvalue weighted by Gasteiger charge is 2.13. The van der Waals surface area contributed by atoms with Gasteiger partial charge >= 0.3 is 0 Å². The Balaban J connectivity index is 1.79. The van der Waals surface area contributed by atoms with Crippen LogP contribution in [0.5, 0.6) is 11.5 Å². The molecule has 1 aromatic carbocycles. The summed E-state index contributed by atoms with van der Waals surface area (Å²) in [5.74, 6) is 2.30. The van der Waals surface area contributed by atoms with Gasteiger partial charge in [-0.15, -0.1) is 0 Å². The van der Waals surface area contributed by atoms with E-state index in [2.05, 4.69) is 20.6 Å². The van der Waals surface area contributed by atoms with Gasteiger partial charge in [0.1, 0.15) is 30.5 Å². The van der Waals surface area contributed by atoms with Crippen molar-refractivity contribution in [3.8, 4) is 11.5 Å². The van der Waals surface area contributed by atoms with Gasteiger partial charge in [-0.05, 0) is 25.5 Å².